The monoisotopic (exact) mass is 272 g/mol. The lowest BCUT2D eigenvalue weighted by molar-refractivity contribution is 0.389. The van der Waals surface area contributed by atoms with E-state index < -0.39 is 0 Å². The lowest BCUT2D eigenvalue weighted by Gasteiger charge is -2.17. The fourth-order valence-electron chi connectivity index (χ4n) is 3.40. The van der Waals surface area contributed by atoms with Crippen molar-refractivity contribution in [2.45, 2.75) is 59.9 Å². The van der Waals surface area contributed by atoms with Crippen LogP contribution in [-0.2, 0) is 6.54 Å². The summed E-state index contributed by atoms with van der Waals surface area (Å²) in [5, 5.41) is 1.04. The molecular formula is C16H24N4. The van der Waals surface area contributed by atoms with Crippen LogP contribution in [0.3, 0.4) is 0 Å². The summed E-state index contributed by atoms with van der Waals surface area (Å²) in [6.07, 6.45) is 5.26. The van der Waals surface area contributed by atoms with Crippen molar-refractivity contribution in [1.82, 2.24) is 14.5 Å². The molecule has 1 aliphatic carbocycles. The molecule has 1 aliphatic rings. The quantitative estimate of drug-likeness (QED) is 0.926. The number of rotatable bonds is 4. The summed E-state index contributed by atoms with van der Waals surface area (Å²) >= 11 is 0. The number of nitrogens with zero attached hydrogens (tertiary/aromatic N) is 3. The van der Waals surface area contributed by atoms with Crippen LogP contribution in [0.5, 0.6) is 0 Å². The number of anilines is 1. The minimum Gasteiger partial charge on any atom is -0.383 e. The zero-order valence-electron chi connectivity index (χ0n) is 13.0. The van der Waals surface area contributed by atoms with Gasteiger partial charge < -0.3 is 10.3 Å². The van der Waals surface area contributed by atoms with Crippen molar-refractivity contribution < 1.29 is 0 Å². The summed E-state index contributed by atoms with van der Waals surface area (Å²) in [7, 11) is 0. The van der Waals surface area contributed by atoms with Crippen molar-refractivity contribution in [3.63, 3.8) is 0 Å². The van der Waals surface area contributed by atoms with E-state index in [1.807, 2.05) is 6.92 Å². The molecule has 0 bridgehead atoms. The molecule has 108 valence electrons. The highest BCUT2D eigenvalue weighted by atomic mass is 15.1. The third-order valence-corrected chi connectivity index (χ3v) is 4.84. The van der Waals surface area contributed by atoms with Crippen LogP contribution in [0.25, 0.3) is 11.0 Å². The summed E-state index contributed by atoms with van der Waals surface area (Å²) in [5.41, 5.74) is 10.2. The third kappa shape index (κ3) is 1.98. The van der Waals surface area contributed by atoms with Crippen molar-refractivity contribution in [1.29, 1.82) is 0 Å². The van der Waals surface area contributed by atoms with Gasteiger partial charge in [0.05, 0.1) is 5.39 Å². The van der Waals surface area contributed by atoms with E-state index >= 15 is 0 Å². The van der Waals surface area contributed by atoms with Gasteiger partial charge in [-0.1, -0.05) is 13.3 Å². The van der Waals surface area contributed by atoms with Crippen LogP contribution in [0.2, 0.25) is 0 Å². The highest BCUT2D eigenvalue weighted by molar-refractivity contribution is 5.91. The maximum absolute atomic E-state index is 6.11. The van der Waals surface area contributed by atoms with E-state index in [1.54, 1.807) is 0 Å². The molecule has 3 rings (SSSR count). The van der Waals surface area contributed by atoms with Gasteiger partial charge in [-0.05, 0) is 51.0 Å². The molecule has 4 heteroatoms. The largest absolute Gasteiger partial charge is 0.383 e. The molecule has 20 heavy (non-hydrogen) atoms. The SMILES string of the molecule is CCCC1(Cn2c(C)c(C)c3c(N)nc(C)nc32)CC1. The molecule has 0 aromatic carbocycles. The van der Waals surface area contributed by atoms with Gasteiger partial charge >= 0.3 is 0 Å². The van der Waals surface area contributed by atoms with Crippen molar-refractivity contribution in [3.05, 3.63) is 17.1 Å². The molecule has 0 radical (unpaired) electrons. The van der Waals surface area contributed by atoms with E-state index in [-0.39, 0.29) is 0 Å². The van der Waals surface area contributed by atoms with Crippen LogP contribution in [0.1, 0.15) is 49.7 Å². The molecule has 0 unspecified atom stereocenters. The van der Waals surface area contributed by atoms with E-state index in [4.69, 9.17) is 5.73 Å². The fourth-order valence-corrected chi connectivity index (χ4v) is 3.40. The predicted molar refractivity (Wildman–Crippen MR) is 82.7 cm³/mol. The van der Waals surface area contributed by atoms with E-state index in [2.05, 4.69) is 35.3 Å². The Labute approximate surface area is 120 Å². The van der Waals surface area contributed by atoms with Crippen LogP contribution in [0.15, 0.2) is 0 Å². The summed E-state index contributed by atoms with van der Waals surface area (Å²) in [6.45, 7) is 9.57. The van der Waals surface area contributed by atoms with Crippen LogP contribution >= 0.6 is 0 Å². The lowest BCUT2D eigenvalue weighted by atomic mass is 10.0. The molecule has 2 aromatic heterocycles. The number of aryl methyl sites for hydroxylation is 2. The standard InChI is InChI=1S/C16H24N4/c1-5-6-16(7-8-16)9-20-11(3)10(2)13-14(17)18-12(4)19-15(13)20/h5-9H2,1-4H3,(H2,17,18,19). The molecule has 1 saturated carbocycles. The number of nitrogens with two attached hydrogens (primary N) is 1. The Hall–Kier alpha value is -1.58. The lowest BCUT2D eigenvalue weighted by Crippen LogP contribution is -2.13. The van der Waals surface area contributed by atoms with Crippen molar-refractivity contribution in [2.75, 3.05) is 5.73 Å². The predicted octanol–water partition coefficient (Wildman–Crippen LogP) is 3.52. The Morgan fingerprint density at radius 2 is 1.90 bits per heavy atom. The van der Waals surface area contributed by atoms with E-state index in [1.165, 1.54) is 36.9 Å². The molecule has 4 nitrogen and oxygen atoms in total. The topological polar surface area (TPSA) is 56.7 Å². The molecule has 0 aliphatic heterocycles. The Morgan fingerprint density at radius 1 is 1.20 bits per heavy atom. The first-order chi connectivity index (χ1) is 9.47. The van der Waals surface area contributed by atoms with Gasteiger partial charge in [0, 0.05) is 12.2 Å². The molecule has 2 aromatic rings. The van der Waals surface area contributed by atoms with Gasteiger partial charge in [-0.3, -0.25) is 0 Å². The third-order valence-electron chi connectivity index (χ3n) is 4.84. The van der Waals surface area contributed by atoms with Gasteiger partial charge in [0.15, 0.2) is 0 Å². The second kappa shape index (κ2) is 4.47. The van der Waals surface area contributed by atoms with Crippen molar-refractivity contribution in [2.24, 2.45) is 5.41 Å². The normalized spacial score (nSPS) is 16.8. The first-order valence-corrected chi connectivity index (χ1v) is 7.57. The van der Waals surface area contributed by atoms with E-state index in [9.17, 15) is 0 Å². The minimum absolute atomic E-state index is 0.505. The average Bonchev–Trinajstić information content (AvgIpc) is 3.09. The second-order valence-electron chi connectivity index (χ2n) is 6.40. The number of hydrogen-bond donors (Lipinski definition) is 1. The van der Waals surface area contributed by atoms with E-state index in [0.29, 0.717) is 11.2 Å². The highest BCUT2D eigenvalue weighted by Gasteiger charge is 2.42. The van der Waals surface area contributed by atoms with Gasteiger partial charge in [0.2, 0.25) is 0 Å². The smallest absolute Gasteiger partial charge is 0.146 e. The number of aromatic nitrogens is 3. The molecule has 2 N–H and O–H groups in total. The Bertz CT molecular complexity index is 665. The number of nitrogen functional groups attached to an aromatic ring is 1. The average molecular weight is 272 g/mol. The summed E-state index contributed by atoms with van der Waals surface area (Å²) in [5.74, 6) is 1.38. The number of hydrogen-bond acceptors (Lipinski definition) is 3. The van der Waals surface area contributed by atoms with E-state index in [0.717, 1.165) is 23.4 Å². The van der Waals surface area contributed by atoms with Crippen molar-refractivity contribution >= 4 is 16.9 Å². The van der Waals surface area contributed by atoms with Gasteiger partial charge in [-0.15, -0.1) is 0 Å². The second-order valence-corrected chi connectivity index (χ2v) is 6.40. The first kappa shape index (κ1) is 13.4. The molecule has 0 amide bonds. The number of fused-ring (bicyclic) bond motifs is 1. The maximum Gasteiger partial charge on any atom is 0.146 e. The minimum atomic E-state index is 0.505. The molecule has 1 fully saturated rings. The van der Waals surface area contributed by atoms with Gasteiger partial charge in [0.1, 0.15) is 17.3 Å². The fraction of sp³-hybridized carbons (Fsp3) is 0.625. The van der Waals surface area contributed by atoms with Crippen LogP contribution in [0.4, 0.5) is 5.82 Å². The molecular weight excluding hydrogens is 248 g/mol. The van der Waals surface area contributed by atoms with Crippen LogP contribution in [0, 0.1) is 26.2 Å². The van der Waals surface area contributed by atoms with Gasteiger partial charge in [-0.25, -0.2) is 9.97 Å². The Balaban J connectivity index is 2.13. The zero-order chi connectivity index (χ0) is 14.5. The molecule has 0 saturated heterocycles. The summed E-state index contributed by atoms with van der Waals surface area (Å²) < 4.78 is 2.37. The summed E-state index contributed by atoms with van der Waals surface area (Å²) in [4.78, 5) is 8.98. The maximum atomic E-state index is 6.11. The van der Waals surface area contributed by atoms with Gasteiger partial charge in [0.25, 0.3) is 0 Å². The Kier molecular flexibility index (Phi) is 3.00. The van der Waals surface area contributed by atoms with Crippen molar-refractivity contribution in [3.8, 4) is 0 Å². The molecule has 0 atom stereocenters. The van der Waals surface area contributed by atoms with Crippen LogP contribution < -0.4 is 5.73 Å². The summed E-state index contributed by atoms with van der Waals surface area (Å²) in [6, 6.07) is 0. The molecule has 0 spiro atoms. The first-order valence-electron chi connectivity index (χ1n) is 7.57. The zero-order valence-corrected chi connectivity index (χ0v) is 13.0. The highest BCUT2D eigenvalue weighted by Crippen LogP contribution is 2.51. The van der Waals surface area contributed by atoms with Crippen LogP contribution in [-0.4, -0.2) is 14.5 Å². The molecule has 2 heterocycles. The Morgan fingerprint density at radius 3 is 2.50 bits per heavy atom. The van der Waals surface area contributed by atoms with Gasteiger partial charge in [-0.2, -0.15) is 0 Å².